The van der Waals surface area contributed by atoms with Crippen LogP contribution in [-0.4, -0.2) is 50.9 Å². The van der Waals surface area contributed by atoms with E-state index >= 15 is 0 Å². The minimum Gasteiger partial charge on any atom is -0.497 e. The second-order valence-corrected chi connectivity index (χ2v) is 13.6. The molecule has 1 aliphatic rings. The first kappa shape index (κ1) is 32.8. The molecule has 2 amide bonds. The van der Waals surface area contributed by atoms with Crippen molar-refractivity contribution in [3.8, 4) is 5.75 Å². The van der Waals surface area contributed by atoms with Crippen LogP contribution in [0.5, 0.6) is 5.75 Å². The fraction of sp³-hybridized carbons (Fsp3) is 0.297. The standard InChI is InChI=1S/C37H41N3O5S/c1-28-13-11-16-30(23-28)26-39(35(24-29-14-5-3-6-15-29)37(42)38-31-17-9-10-18-31)36(41)27-40(32-19-12-20-33(25-32)45-2)46(43,44)34-21-7-4-8-22-34/h3-8,11-16,19-23,25,31,35H,9-10,17-18,24,26-27H2,1-2H3,(H,38,42). The summed E-state index contributed by atoms with van der Waals surface area (Å²) >= 11 is 0. The average Bonchev–Trinajstić information content (AvgIpc) is 3.59. The van der Waals surface area contributed by atoms with Crippen molar-refractivity contribution in [3.63, 3.8) is 0 Å². The minimum absolute atomic E-state index is 0.0495. The van der Waals surface area contributed by atoms with Crippen LogP contribution in [0.4, 0.5) is 5.69 Å². The number of nitrogens with zero attached hydrogens (tertiary/aromatic N) is 2. The monoisotopic (exact) mass is 639 g/mol. The SMILES string of the molecule is COc1cccc(N(CC(=O)N(Cc2cccc(C)c2)C(Cc2ccccc2)C(=O)NC2CCCC2)S(=O)(=O)c2ccccc2)c1. The summed E-state index contributed by atoms with van der Waals surface area (Å²) in [4.78, 5) is 30.3. The summed E-state index contributed by atoms with van der Waals surface area (Å²) < 4.78 is 34.8. The van der Waals surface area contributed by atoms with Crippen molar-refractivity contribution in [2.75, 3.05) is 18.0 Å². The zero-order chi connectivity index (χ0) is 32.5. The van der Waals surface area contributed by atoms with Crippen LogP contribution in [0.15, 0.2) is 114 Å². The lowest BCUT2D eigenvalue weighted by molar-refractivity contribution is -0.140. The maximum atomic E-state index is 14.6. The van der Waals surface area contributed by atoms with E-state index in [9.17, 15) is 18.0 Å². The van der Waals surface area contributed by atoms with Crippen molar-refractivity contribution in [2.24, 2.45) is 0 Å². The van der Waals surface area contributed by atoms with Crippen LogP contribution in [0.3, 0.4) is 0 Å². The van der Waals surface area contributed by atoms with Crippen molar-refractivity contribution in [2.45, 2.75) is 62.6 Å². The number of sulfonamides is 1. The summed E-state index contributed by atoms with van der Waals surface area (Å²) in [5.74, 6) is -0.283. The number of carbonyl (C=O) groups excluding carboxylic acids is 2. The molecule has 0 bridgehead atoms. The molecule has 1 atom stereocenters. The molecule has 0 heterocycles. The number of nitrogens with one attached hydrogen (secondary N) is 1. The molecule has 240 valence electrons. The van der Waals surface area contributed by atoms with E-state index in [2.05, 4.69) is 5.32 Å². The number of ether oxygens (including phenoxy) is 1. The Morgan fingerprint density at radius 1 is 0.848 bits per heavy atom. The van der Waals surface area contributed by atoms with Crippen LogP contribution in [0.25, 0.3) is 0 Å². The van der Waals surface area contributed by atoms with Gasteiger partial charge in [0.2, 0.25) is 11.8 Å². The third-order valence-corrected chi connectivity index (χ3v) is 10.1. The summed E-state index contributed by atoms with van der Waals surface area (Å²) in [6.45, 7) is 1.59. The van der Waals surface area contributed by atoms with Crippen molar-refractivity contribution in [3.05, 3.63) is 126 Å². The molecule has 0 aliphatic heterocycles. The highest BCUT2D eigenvalue weighted by Gasteiger charge is 2.35. The molecule has 1 N–H and O–H groups in total. The highest BCUT2D eigenvalue weighted by molar-refractivity contribution is 7.92. The molecule has 1 unspecified atom stereocenters. The third kappa shape index (κ3) is 8.14. The van der Waals surface area contributed by atoms with Crippen LogP contribution >= 0.6 is 0 Å². The fourth-order valence-corrected chi connectivity index (χ4v) is 7.37. The van der Waals surface area contributed by atoms with Gasteiger partial charge in [-0.2, -0.15) is 0 Å². The molecule has 0 aromatic heterocycles. The summed E-state index contributed by atoms with van der Waals surface area (Å²) in [6.07, 6.45) is 4.17. The van der Waals surface area contributed by atoms with E-state index in [1.165, 1.54) is 19.2 Å². The van der Waals surface area contributed by atoms with E-state index in [0.29, 0.717) is 5.75 Å². The molecule has 1 saturated carbocycles. The van der Waals surface area contributed by atoms with Crippen LogP contribution < -0.4 is 14.4 Å². The zero-order valence-corrected chi connectivity index (χ0v) is 27.2. The van der Waals surface area contributed by atoms with Gasteiger partial charge in [0.15, 0.2) is 0 Å². The Labute approximate surface area is 272 Å². The van der Waals surface area contributed by atoms with E-state index in [0.717, 1.165) is 46.7 Å². The summed E-state index contributed by atoms with van der Waals surface area (Å²) in [7, 11) is -2.68. The van der Waals surface area contributed by atoms with Gasteiger partial charge in [-0.25, -0.2) is 8.42 Å². The Morgan fingerprint density at radius 3 is 2.17 bits per heavy atom. The molecular formula is C37H41N3O5S. The van der Waals surface area contributed by atoms with E-state index in [1.54, 1.807) is 47.4 Å². The van der Waals surface area contributed by atoms with Crippen LogP contribution in [-0.2, 0) is 32.6 Å². The molecule has 5 rings (SSSR count). The molecule has 1 fully saturated rings. The Balaban J connectivity index is 1.57. The lowest BCUT2D eigenvalue weighted by Crippen LogP contribution is -2.54. The molecule has 0 saturated heterocycles. The number of rotatable bonds is 13. The molecule has 4 aromatic rings. The van der Waals surface area contributed by atoms with Crippen molar-refractivity contribution >= 4 is 27.5 Å². The number of hydrogen-bond acceptors (Lipinski definition) is 5. The Bertz CT molecular complexity index is 1720. The Morgan fingerprint density at radius 2 is 1.50 bits per heavy atom. The van der Waals surface area contributed by atoms with Gasteiger partial charge in [-0.05, 0) is 55.2 Å². The first-order valence-electron chi connectivity index (χ1n) is 15.7. The quantitative estimate of drug-likeness (QED) is 0.197. The van der Waals surface area contributed by atoms with Gasteiger partial charge in [-0.15, -0.1) is 0 Å². The van der Waals surface area contributed by atoms with E-state index in [-0.39, 0.29) is 35.5 Å². The Hall–Kier alpha value is -4.63. The lowest BCUT2D eigenvalue weighted by atomic mass is 10.0. The number of amides is 2. The van der Waals surface area contributed by atoms with Gasteiger partial charge >= 0.3 is 0 Å². The van der Waals surface area contributed by atoms with Crippen LogP contribution in [0.2, 0.25) is 0 Å². The largest absolute Gasteiger partial charge is 0.497 e. The summed E-state index contributed by atoms with van der Waals surface area (Å²) in [6, 6.07) is 31.2. The number of hydrogen-bond donors (Lipinski definition) is 1. The Kier molecular flexibility index (Phi) is 10.8. The molecule has 1 aliphatic carbocycles. The molecular weight excluding hydrogens is 598 g/mol. The first-order valence-corrected chi connectivity index (χ1v) is 17.1. The highest BCUT2D eigenvalue weighted by Crippen LogP contribution is 2.28. The van der Waals surface area contributed by atoms with Gasteiger partial charge < -0.3 is 15.0 Å². The van der Waals surface area contributed by atoms with Gasteiger partial charge in [-0.1, -0.05) is 97.3 Å². The number of methoxy groups -OCH3 is 1. The number of aryl methyl sites for hydroxylation is 1. The fourth-order valence-electron chi connectivity index (χ4n) is 5.94. The number of carbonyl (C=O) groups is 2. The summed E-state index contributed by atoms with van der Waals surface area (Å²) in [5.41, 5.74) is 3.04. The smallest absolute Gasteiger partial charge is 0.264 e. The predicted molar refractivity (Wildman–Crippen MR) is 180 cm³/mol. The molecule has 0 spiro atoms. The van der Waals surface area contributed by atoms with E-state index < -0.39 is 28.5 Å². The van der Waals surface area contributed by atoms with E-state index in [1.807, 2.05) is 61.5 Å². The van der Waals surface area contributed by atoms with Gasteiger partial charge in [0.1, 0.15) is 18.3 Å². The normalized spacial score (nSPS) is 14.0. The zero-order valence-electron chi connectivity index (χ0n) is 26.3. The lowest BCUT2D eigenvalue weighted by Gasteiger charge is -2.34. The second kappa shape index (κ2) is 15.1. The number of benzene rings is 4. The molecule has 9 heteroatoms. The highest BCUT2D eigenvalue weighted by atomic mass is 32.2. The van der Waals surface area contributed by atoms with Gasteiger partial charge in [0.05, 0.1) is 17.7 Å². The topological polar surface area (TPSA) is 96.0 Å². The number of anilines is 1. The van der Waals surface area contributed by atoms with Crippen molar-refractivity contribution in [1.82, 2.24) is 10.2 Å². The van der Waals surface area contributed by atoms with Crippen LogP contribution in [0.1, 0.15) is 42.4 Å². The first-order chi connectivity index (χ1) is 22.2. The summed E-state index contributed by atoms with van der Waals surface area (Å²) in [5, 5.41) is 3.21. The van der Waals surface area contributed by atoms with Crippen molar-refractivity contribution in [1.29, 1.82) is 0 Å². The molecule has 8 nitrogen and oxygen atoms in total. The average molecular weight is 640 g/mol. The minimum atomic E-state index is -4.18. The van der Waals surface area contributed by atoms with Crippen LogP contribution in [0, 0.1) is 6.92 Å². The van der Waals surface area contributed by atoms with Gasteiger partial charge in [0, 0.05) is 25.1 Å². The molecule has 0 radical (unpaired) electrons. The van der Waals surface area contributed by atoms with Gasteiger partial charge in [-0.3, -0.25) is 13.9 Å². The molecule has 46 heavy (non-hydrogen) atoms. The predicted octanol–water partition coefficient (Wildman–Crippen LogP) is 5.90. The van der Waals surface area contributed by atoms with Gasteiger partial charge in [0.25, 0.3) is 10.0 Å². The maximum absolute atomic E-state index is 14.6. The maximum Gasteiger partial charge on any atom is 0.264 e. The van der Waals surface area contributed by atoms with Crippen molar-refractivity contribution < 1.29 is 22.7 Å². The third-order valence-electron chi connectivity index (χ3n) is 8.36. The molecule has 4 aromatic carbocycles. The second-order valence-electron chi connectivity index (χ2n) is 11.7. The van der Waals surface area contributed by atoms with E-state index in [4.69, 9.17) is 4.74 Å².